The van der Waals surface area contributed by atoms with Gasteiger partial charge in [0.1, 0.15) is 17.0 Å². The van der Waals surface area contributed by atoms with Crippen molar-refractivity contribution < 1.29 is 17.9 Å². The van der Waals surface area contributed by atoms with Gasteiger partial charge in [-0.1, -0.05) is 12.1 Å². The van der Waals surface area contributed by atoms with Crippen molar-refractivity contribution in [2.45, 2.75) is 13.1 Å². The first kappa shape index (κ1) is 12.5. The summed E-state index contributed by atoms with van der Waals surface area (Å²) in [6.07, 6.45) is -4.53. The predicted octanol–water partition coefficient (Wildman–Crippen LogP) is 3.23. The highest BCUT2D eigenvalue weighted by Crippen LogP contribution is 2.34. The minimum Gasteiger partial charge on any atom is -0.492 e. The van der Waals surface area contributed by atoms with E-state index in [9.17, 15) is 13.2 Å². The lowest BCUT2D eigenvalue weighted by Gasteiger charge is -2.12. The van der Waals surface area contributed by atoms with Crippen LogP contribution in [0.1, 0.15) is 12.6 Å². The summed E-state index contributed by atoms with van der Waals surface area (Å²) in [4.78, 5) is 3.60. The second-order valence-electron chi connectivity index (χ2n) is 3.68. The summed E-state index contributed by atoms with van der Waals surface area (Å²) in [6.45, 7) is 2.09. The number of nitrogens with zero attached hydrogens (tertiary/aromatic N) is 1. The number of halogens is 3. The SMILES string of the molecule is CCOc1cccc2c(N)cc(C(F)(F)F)nc12. The van der Waals surface area contributed by atoms with Crippen LogP contribution in [0.3, 0.4) is 0 Å². The molecule has 6 heteroatoms. The molecular formula is C12H11F3N2O. The number of aromatic nitrogens is 1. The molecule has 1 heterocycles. The van der Waals surface area contributed by atoms with Gasteiger partial charge in [0.2, 0.25) is 0 Å². The lowest BCUT2D eigenvalue weighted by molar-refractivity contribution is -0.140. The van der Waals surface area contributed by atoms with Gasteiger partial charge in [0, 0.05) is 11.1 Å². The van der Waals surface area contributed by atoms with Crippen molar-refractivity contribution in [1.82, 2.24) is 4.98 Å². The standard InChI is InChI=1S/C12H11F3N2O/c1-2-18-9-5-3-4-7-8(16)6-10(12(13,14)15)17-11(7)9/h3-6H,2H2,1H3,(H2,16,17). The Morgan fingerprint density at radius 1 is 1.33 bits per heavy atom. The quantitative estimate of drug-likeness (QED) is 0.897. The lowest BCUT2D eigenvalue weighted by atomic mass is 10.1. The van der Waals surface area contributed by atoms with Crippen LogP contribution < -0.4 is 10.5 Å². The molecule has 0 bridgehead atoms. The van der Waals surface area contributed by atoms with Crippen LogP contribution in [0.4, 0.5) is 18.9 Å². The van der Waals surface area contributed by atoms with Gasteiger partial charge in [0.05, 0.1) is 6.61 Å². The maximum Gasteiger partial charge on any atom is 0.433 e. The fraction of sp³-hybridized carbons (Fsp3) is 0.250. The molecule has 1 aromatic carbocycles. The number of nitrogens with two attached hydrogens (primary N) is 1. The molecule has 0 saturated heterocycles. The zero-order valence-electron chi connectivity index (χ0n) is 9.58. The van der Waals surface area contributed by atoms with E-state index in [1.54, 1.807) is 25.1 Å². The molecule has 0 aliphatic carbocycles. The van der Waals surface area contributed by atoms with Crippen LogP contribution >= 0.6 is 0 Å². The van der Waals surface area contributed by atoms with Gasteiger partial charge in [-0.05, 0) is 19.1 Å². The average Bonchev–Trinajstić information content (AvgIpc) is 2.29. The fourth-order valence-corrected chi connectivity index (χ4v) is 1.67. The van der Waals surface area contributed by atoms with Crippen molar-refractivity contribution in [3.63, 3.8) is 0 Å². The Kier molecular flexibility index (Phi) is 3.02. The van der Waals surface area contributed by atoms with E-state index >= 15 is 0 Å². The highest BCUT2D eigenvalue weighted by molar-refractivity contribution is 5.94. The summed E-state index contributed by atoms with van der Waals surface area (Å²) < 4.78 is 43.2. The topological polar surface area (TPSA) is 48.1 Å². The summed E-state index contributed by atoms with van der Waals surface area (Å²) in [5.41, 5.74) is 4.78. The van der Waals surface area contributed by atoms with Crippen molar-refractivity contribution >= 4 is 16.6 Å². The summed E-state index contributed by atoms with van der Waals surface area (Å²) in [5, 5.41) is 0.453. The number of fused-ring (bicyclic) bond motifs is 1. The maximum atomic E-state index is 12.7. The van der Waals surface area contributed by atoms with Gasteiger partial charge in [0.15, 0.2) is 0 Å². The van der Waals surface area contributed by atoms with Gasteiger partial charge in [-0.15, -0.1) is 0 Å². The highest BCUT2D eigenvalue weighted by Gasteiger charge is 2.33. The molecule has 1 aromatic heterocycles. The molecule has 3 nitrogen and oxygen atoms in total. The van der Waals surface area contributed by atoms with E-state index in [-0.39, 0.29) is 11.2 Å². The number of alkyl halides is 3. The molecule has 0 spiro atoms. The molecule has 0 radical (unpaired) electrons. The Labute approximate surface area is 101 Å². The first-order chi connectivity index (χ1) is 8.43. The molecule has 0 fully saturated rings. The Hall–Kier alpha value is -1.98. The normalized spacial score (nSPS) is 11.8. The molecule has 0 saturated carbocycles. The Balaban J connectivity index is 2.72. The second kappa shape index (κ2) is 4.36. The molecule has 2 N–H and O–H groups in total. The molecule has 0 amide bonds. The first-order valence-electron chi connectivity index (χ1n) is 5.32. The average molecular weight is 256 g/mol. The van der Waals surface area contributed by atoms with E-state index < -0.39 is 11.9 Å². The van der Waals surface area contributed by atoms with Gasteiger partial charge in [0.25, 0.3) is 0 Å². The summed E-state index contributed by atoms with van der Waals surface area (Å²) >= 11 is 0. The van der Waals surface area contributed by atoms with Crippen molar-refractivity contribution in [2.75, 3.05) is 12.3 Å². The molecular weight excluding hydrogens is 245 g/mol. The summed E-state index contributed by atoms with van der Waals surface area (Å²) in [6, 6.07) is 5.68. The number of benzene rings is 1. The van der Waals surface area contributed by atoms with E-state index in [2.05, 4.69) is 4.98 Å². The third-order valence-corrected chi connectivity index (χ3v) is 2.42. The van der Waals surface area contributed by atoms with Gasteiger partial charge in [-0.25, -0.2) is 4.98 Å². The zero-order valence-corrected chi connectivity index (χ0v) is 9.58. The third-order valence-electron chi connectivity index (χ3n) is 2.42. The van der Waals surface area contributed by atoms with Gasteiger partial charge in [-0.2, -0.15) is 13.2 Å². The van der Waals surface area contributed by atoms with Gasteiger partial charge < -0.3 is 10.5 Å². The Morgan fingerprint density at radius 2 is 2.06 bits per heavy atom. The number of nitrogen functional groups attached to an aromatic ring is 1. The third kappa shape index (κ3) is 2.18. The predicted molar refractivity (Wildman–Crippen MR) is 62.3 cm³/mol. The van der Waals surface area contributed by atoms with Crippen LogP contribution in [0.2, 0.25) is 0 Å². The van der Waals surface area contributed by atoms with Crippen LogP contribution in [0, 0.1) is 0 Å². The molecule has 0 atom stereocenters. The van der Waals surface area contributed by atoms with Crippen molar-refractivity contribution in [1.29, 1.82) is 0 Å². The van der Waals surface area contributed by atoms with Crippen LogP contribution in [0.15, 0.2) is 24.3 Å². The first-order valence-corrected chi connectivity index (χ1v) is 5.32. The molecule has 2 aromatic rings. The largest absolute Gasteiger partial charge is 0.492 e. The van der Waals surface area contributed by atoms with E-state index in [0.29, 0.717) is 17.7 Å². The number of pyridine rings is 1. The maximum absolute atomic E-state index is 12.7. The number of anilines is 1. The van der Waals surface area contributed by atoms with Crippen molar-refractivity contribution in [3.8, 4) is 5.75 Å². The zero-order chi connectivity index (χ0) is 13.3. The molecule has 18 heavy (non-hydrogen) atoms. The van der Waals surface area contributed by atoms with Gasteiger partial charge in [-0.3, -0.25) is 0 Å². The number of ether oxygens (including phenoxy) is 1. The van der Waals surface area contributed by atoms with E-state index in [1.165, 1.54) is 0 Å². The van der Waals surface area contributed by atoms with E-state index in [0.717, 1.165) is 6.07 Å². The van der Waals surface area contributed by atoms with Crippen molar-refractivity contribution in [2.24, 2.45) is 0 Å². The molecule has 2 rings (SSSR count). The molecule has 0 aliphatic rings. The molecule has 0 aliphatic heterocycles. The lowest BCUT2D eigenvalue weighted by Crippen LogP contribution is -2.09. The van der Waals surface area contributed by atoms with Crippen LogP contribution in [-0.4, -0.2) is 11.6 Å². The number of hydrogen-bond donors (Lipinski definition) is 1. The Morgan fingerprint density at radius 3 is 2.67 bits per heavy atom. The molecule has 96 valence electrons. The minimum absolute atomic E-state index is 0.0360. The van der Waals surface area contributed by atoms with Crippen LogP contribution in [0.25, 0.3) is 10.9 Å². The Bertz CT molecular complexity index is 581. The van der Waals surface area contributed by atoms with E-state index in [1.807, 2.05) is 0 Å². The number of para-hydroxylation sites is 1. The summed E-state index contributed by atoms with van der Waals surface area (Å²) in [5.74, 6) is 0.299. The molecule has 0 unspecified atom stereocenters. The number of hydrogen-bond acceptors (Lipinski definition) is 3. The summed E-state index contributed by atoms with van der Waals surface area (Å²) in [7, 11) is 0. The van der Waals surface area contributed by atoms with Crippen LogP contribution in [0.5, 0.6) is 5.75 Å². The second-order valence-corrected chi connectivity index (χ2v) is 3.68. The smallest absolute Gasteiger partial charge is 0.433 e. The van der Waals surface area contributed by atoms with Gasteiger partial charge >= 0.3 is 6.18 Å². The number of rotatable bonds is 2. The highest BCUT2D eigenvalue weighted by atomic mass is 19.4. The van der Waals surface area contributed by atoms with Crippen molar-refractivity contribution in [3.05, 3.63) is 30.0 Å². The fourth-order valence-electron chi connectivity index (χ4n) is 1.67. The minimum atomic E-state index is -4.53. The van der Waals surface area contributed by atoms with E-state index in [4.69, 9.17) is 10.5 Å². The monoisotopic (exact) mass is 256 g/mol. The van der Waals surface area contributed by atoms with Crippen LogP contribution in [-0.2, 0) is 6.18 Å².